The van der Waals surface area contributed by atoms with E-state index in [0.29, 0.717) is 12.0 Å². The Labute approximate surface area is 116 Å². The predicted octanol–water partition coefficient (Wildman–Crippen LogP) is 2.79. The van der Waals surface area contributed by atoms with E-state index in [0.717, 1.165) is 12.1 Å². The highest BCUT2D eigenvalue weighted by molar-refractivity contribution is 5.76. The second-order valence-electron chi connectivity index (χ2n) is 4.82. The van der Waals surface area contributed by atoms with Crippen molar-refractivity contribution in [3.63, 3.8) is 0 Å². The molecule has 0 aliphatic rings. The van der Waals surface area contributed by atoms with Crippen LogP contribution < -0.4 is 5.73 Å². The average molecular weight is 288 g/mol. The minimum atomic E-state index is -4.34. The zero-order chi connectivity index (χ0) is 15.3. The fourth-order valence-corrected chi connectivity index (χ4v) is 1.69. The van der Waals surface area contributed by atoms with Gasteiger partial charge in [-0.3, -0.25) is 4.79 Å². The first kappa shape index (κ1) is 16.5. The minimum Gasteiger partial charge on any atom is -0.341 e. The van der Waals surface area contributed by atoms with Gasteiger partial charge in [0, 0.05) is 26.1 Å². The molecule has 20 heavy (non-hydrogen) atoms. The summed E-state index contributed by atoms with van der Waals surface area (Å²) >= 11 is 0. The maximum absolute atomic E-state index is 12.4. The normalized spacial score (nSPS) is 13.1. The van der Waals surface area contributed by atoms with Crippen molar-refractivity contribution in [1.29, 1.82) is 0 Å². The summed E-state index contributed by atoms with van der Waals surface area (Å²) in [5.74, 6) is -0.112. The Morgan fingerprint density at radius 1 is 1.30 bits per heavy atom. The van der Waals surface area contributed by atoms with Crippen LogP contribution in [0.2, 0.25) is 0 Å². The van der Waals surface area contributed by atoms with Gasteiger partial charge in [-0.15, -0.1) is 0 Å². The number of carbonyl (C=O) groups is 1. The Kier molecular flexibility index (Phi) is 5.56. The summed E-state index contributed by atoms with van der Waals surface area (Å²) in [4.78, 5) is 13.3. The molecule has 0 saturated carbocycles. The molecule has 1 unspecified atom stereocenters. The van der Waals surface area contributed by atoms with Gasteiger partial charge in [-0.05, 0) is 24.1 Å². The molecule has 6 heteroatoms. The molecular formula is C14H19F3N2O. The molecule has 1 atom stereocenters. The molecule has 0 radical (unpaired) electrons. The molecule has 3 nitrogen and oxygen atoms in total. The molecule has 0 aliphatic heterocycles. The Balaban J connectivity index is 2.62. The number of amides is 1. The minimum absolute atomic E-state index is 0.112. The summed E-state index contributed by atoms with van der Waals surface area (Å²) in [6, 6.07) is 4.62. The van der Waals surface area contributed by atoms with Crippen LogP contribution in [0.5, 0.6) is 0 Å². The number of rotatable bonds is 5. The van der Waals surface area contributed by atoms with Gasteiger partial charge < -0.3 is 10.6 Å². The highest BCUT2D eigenvalue weighted by Gasteiger charge is 2.29. The third-order valence-electron chi connectivity index (χ3n) is 3.09. The second-order valence-corrected chi connectivity index (χ2v) is 4.82. The largest absolute Gasteiger partial charge is 0.416 e. The van der Waals surface area contributed by atoms with E-state index in [1.165, 1.54) is 17.0 Å². The van der Waals surface area contributed by atoms with E-state index in [-0.39, 0.29) is 24.9 Å². The quantitative estimate of drug-likeness (QED) is 0.905. The van der Waals surface area contributed by atoms with Crippen molar-refractivity contribution in [2.45, 2.75) is 38.5 Å². The smallest absolute Gasteiger partial charge is 0.341 e. The molecule has 2 N–H and O–H groups in total. The first-order chi connectivity index (χ1) is 9.24. The molecule has 1 aromatic rings. The lowest BCUT2D eigenvalue weighted by atomic mass is 10.1. The molecule has 112 valence electrons. The van der Waals surface area contributed by atoms with Gasteiger partial charge in [0.2, 0.25) is 5.91 Å². The Morgan fingerprint density at radius 2 is 1.85 bits per heavy atom. The summed E-state index contributed by atoms with van der Waals surface area (Å²) in [6.45, 7) is 2.17. The number of hydrogen-bond acceptors (Lipinski definition) is 2. The van der Waals surface area contributed by atoms with Crippen LogP contribution in [0.1, 0.15) is 30.9 Å². The highest BCUT2D eigenvalue weighted by atomic mass is 19.4. The van der Waals surface area contributed by atoms with Gasteiger partial charge in [0.05, 0.1) is 5.56 Å². The van der Waals surface area contributed by atoms with Crippen LogP contribution in [0, 0.1) is 0 Å². The number of hydrogen-bond donors (Lipinski definition) is 1. The van der Waals surface area contributed by atoms with Crippen LogP contribution in [-0.4, -0.2) is 23.9 Å². The van der Waals surface area contributed by atoms with Gasteiger partial charge in [-0.1, -0.05) is 19.1 Å². The molecule has 0 fully saturated rings. The average Bonchev–Trinajstić information content (AvgIpc) is 2.38. The van der Waals surface area contributed by atoms with Crippen molar-refractivity contribution in [2.75, 3.05) is 7.05 Å². The van der Waals surface area contributed by atoms with Crippen molar-refractivity contribution >= 4 is 5.91 Å². The Hall–Kier alpha value is -1.56. The molecule has 0 heterocycles. The fraction of sp³-hybridized carbons (Fsp3) is 0.500. The summed E-state index contributed by atoms with van der Waals surface area (Å²) in [7, 11) is 1.61. The fourth-order valence-electron chi connectivity index (χ4n) is 1.69. The van der Waals surface area contributed by atoms with E-state index in [1.807, 2.05) is 6.92 Å². The maximum Gasteiger partial charge on any atom is 0.416 e. The van der Waals surface area contributed by atoms with E-state index in [1.54, 1.807) is 7.05 Å². The molecule has 1 rings (SSSR count). The molecule has 1 aromatic carbocycles. The second kappa shape index (κ2) is 6.74. The molecule has 0 aromatic heterocycles. The van der Waals surface area contributed by atoms with Crippen LogP contribution in [0.25, 0.3) is 0 Å². The number of nitrogens with zero attached hydrogens (tertiary/aromatic N) is 1. The number of carbonyl (C=O) groups excluding carboxylic acids is 1. The maximum atomic E-state index is 12.4. The third-order valence-corrected chi connectivity index (χ3v) is 3.09. The standard InChI is InChI=1S/C14H19F3N2O/c1-3-12(18)8-13(20)19(2)9-10-4-6-11(7-5-10)14(15,16)17/h4-7,12H,3,8-9,18H2,1-2H3. The number of benzene rings is 1. The van der Waals surface area contributed by atoms with Gasteiger partial charge in [0.15, 0.2) is 0 Å². The van der Waals surface area contributed by atoms with Crippen molar-refractivity contribution in [1.82, 2.24) is 4.90 Å². The van der Waals surface area contributed by atoms with Gasteiger partial charge >= 0.3 is 6.18 Å². The number of nitrogens with two attached hydrogens (primary N) is 1. The van der Waals surface area contributed by atoms with Crippen LogP contribution in [0.3, 0.4) is 0 Å². The zero-order valence-electron chi connectivity index (χ0n) is 11.6. The molecule has 1 amide bonds. The third kappa shape index (κ3) is 4.85. The van der Waals surface area contributed by atoms with E-state index >= 15 is 0 Å². The summed E-state index contributed by atoms with van der Waals surface area (Å²) in [5.41, 5.74) is 5.66. The van der Waals surface area contributed by atoms with Crippen molar-refractivity contribution < 1.29 is 18.0 Å². The van der Waals surface area contributed by atoms with Crippen molar-refractivity contribution in [3.05, 3.63) is 35.4 Å². The first-order valence-electron chi connectivity index (χ1n) is 6.39. The number of halogens is 3. The van der Waals surface area contributed by atoms with Gasteiger partial charge in [-0.2, -0.15) is 13.2 Å². The lowest BCUT2D eigenvalue weighted by Gasteiger charge is -2.19. The van der Waals surface area contributed by atoms with Crippen LogP contribution >= 0.6 is 0 Å². The van der Waals surface area contributed by atoms with E-state index < -0.39 is 11.7 Å². The molecule has 0 bridgehead atoms. The van der Waals surface area contributed by atoms with Crippen molar-refractivity contribution in [3.8, 4) is 0 Å². The van der Waals surface area contributed by atoms with Gasteiger partial charge in [0.25, 0.3) is 0 Å². The zero-order valence-corrected chi connectivity index (χ0v) is 11.6. The van der Waals surface area contributed by atoms with E-state index in [9.17, 15) is 18.0 Å². The van der Waals surface area contributed by atoms with Crippen LogP contribution in [0.4, 0.5) is 13.2 Å². The topological polar surface area (TPSA) is 46.3 Å². The summed E-state index contributed by atoms with van der Waals surface area (Å²) in [5, 5.41) is 0. The lowest BCUT2D eigenvalue weighted by Crippen LogP contribution is -2.32. The number of alkyl halides is 3. The molecule has 0 aliphatic carbocycles. The summed E-state index contributed by atoms with van der Waals surface area (Å²) in [6.07, 6.45) is -3.39. The molecule has 0 saturated heterocycles. The van der Waals surface area contributed by atoms with E-state index in [2.05, 4.69) is 0 Å². The first-order valence-corrected chi connectivity index (χ1v) is 6.39. The monoisotopic (exact) mass is 288 g/mol. The highest BCUT2D eigenvalue weighted by Crippen LogP contribution is 2.29. The Bertz CT molecular complexity index is 443. The summed E-state index contributed by atoms with van der Waals surface area (Å²) < 4.78 is 37.2. The lowest BCUT2D eigenvalue weighted by molar-refractivity contribution is -0.137. The van der Waals surface area contributed by atoms with Gasteiger partial charge in [-0.25, -0.2) is 0 Å². The SMILES string of the molecule is CCC(N)CC(=O)N(C)Cc1ccc(C(F)(F)F)cc1. The van der Waals surface area contributed by atoms with Gasteiger partial charge in [0.1, 0.15) is 0 Å². The molecular weight excluding hydrogens is 269 g/mol. The predicted molar refractivity (Wildman–Crippen MR) is 70.8 cm³/mol. The Morgan fingerprint density at radius 3 is 2.30 bits per heavy atom. The van der Waals surface area contributed by atoms with Crippen LogP contribution in [0.15, 0.2) is 24.3 Å². The van der Waals surface area contributed by atoms with Crippen molar-refractivity contribution in [2.24, 2.45) is 5.73 Å². The molecule has 0 spiro atoms. The van der Waals surface area contributed by atoms with Crippen LogP contribution in [-0.2, 0) is 17.5 Å². The van der Waals surface area contributed by atoms with E-state index in [4.69, 9.17) is 5.73 Å².